The van der Waals surface area contributed by atoms with Gasteiger partial charge in [0.2, 0.25) is 0 Å². The first-order valence-corrected chi connectivity index (χ1v) is 9.20. The largest absolute Gasteiger partial charge is 0.496 e. The highest BCUT2D eigenvalue weighted by molar-refractivity contribution is 6.06. The molecule has 1 N–H and O–H groups in total. The zero-order valence-electron chi connectivity index (χ0n) is 16.4. The lowest BCUT2D eigenvalue weighted by molar-refractivity contribution is 0.0633. The van der Waals surface area contributed by atoms with Gasteiger partial charge in [0.25, 0.3) is 5.91 Å². The molecular formula is C22H25Cl2N3O2. The number of para-hydroxylation sites is 2. The summed E-state index contributed by atoms with van der Waals surface area (Å²) in [5, 5.41) is 4.30. The molecule has 0 aliphatic carbocycles. The van der Waals surface area contributed by atoms with Crippen LogP contribution in [-0.4, -0.2) is 42.5 Å². The van der Waals surface area contributed by atoms with Crippen molar-refractivity contribution in [1.82, 2.24) is 15.2 Å². The van der Waals surface area contributed by atoms with Gasteiger partial charge in [0.05, 0.1) is 24.2 Å². The number of carbonyl (C=O) groups excluding carboxylic acids is 1. The molecule has 3 aromatic rings. The van der Waals surface area contributed by atoms with Gasteiger partial charge in [-0.3, -0.25) is 9.78 Å². The summed E-state index contributed by atoms with van der Waals surface area (Å²) >= 11 is 0. The molecule has 29 heavy (non-hydrogen) atoms. The Bertz CT molecular complexity index is 997. The van der Waals surface area contributed by atoms with Gasteiger partial charge in [-0.1, -0.05) is 36.4 Å². The maximum absolute atomic E-state index is 13.6. The van der Waals surface area contributed by atoms with E-state index in [2.05, 4.69) is 10.3 Å². The summed E-state index contributed by atoms with van der Waals surface area (Å²) < 4.78 is 5.55. The molecule has 0 spiro atoms. The van der Waals surface area contributed by atoms with Gasteiger partial charge in [0.1, 0.15) is 5.75 Å². The zero-order chi connectivity index (χ0) is 18.8. The third-order valence-electron chi connectivity index (χ3n) is 5.08. The van der Waals surface area contributed by atoms with E-state index in [1.54, 1.807) is 7.11 Å². The normalized spacial score (nSPS) is 15.9. The molecule has 1 saturated heterocycles. The lowest BCUT2D eigenvalue weighted by atomic mass is 9.99. The summed E-state index contributed by atoms with van der Waals surface area (Å²) in [5.41, 5.74) is 3.43. The molecule has 2 aromatic carbocycles. The van der Waals surface area contributed by atoms with Crippen molar-refractivity contribution in [2.75, 3.05) is 26.7 Å². The number of hydrogen-bond acceptors (Lipinski definition) is 4. The number of hydrogen-bond donors (Lipinski definition) is 1. The molecule has 154 valence electrons. The molecule has 1 atom stereocenters. The quantitative estimate of drug-likeness (QED) is 0.672. The predicted molar refractivity (Wildman–Crippen MR) is 121 cm³/mol. The van der Waals surface area contributed by atoms with E-state index in [0.717, 1.165) is 34.5 Å². The van der Waals surface area contributed by atoms with Crippen molar-refractivity contribution in [2.24, 2.45) is 0 Å². The van der Waals surface area contributed by atoms with Crippen LogP contribution in [-0.2, 0) is 0 Å². The molecule has 1 aromatic heterocycles. The predicted octanol–water partition coefficient (Wildman–Crippen LogP) is 4.18. The number of piperazine rings is 1. The fraction of sp³-hybridized carbons (Fsp3) is 0.273. The third kappa shape index (κ3) is 4.47. The number of rotatable bonds is 3. The summed E-state index contributed by atoms with van der Waals surface area (Å²) in [6.45, 7) is 4.06. The molecular weight excluding hydrogens is 409 g/mol. The average molecular weight is 434 g/mol. The zero-order valence-corrected chi connectivity index (χ0v) is 18.1. The number of methoxy groups -OCH3 is 1. The van der Waals surface area contributed by atoms with Gasteiger partial charge < -0.3 is 15.0 Å². The van der Waals surface area contributed by atoms with Crippen molar-refractivity contribution in [2.45, 2.75) is 13.0 Å². The number of amides is 1. The van der Waals surface area contributed by atoms with Gasteiger partial charge in [-0.25, -0.2) is 0 Å². The van der Waals surface area contributed by atoms with Crippen LogP contribution in [0, 0.1) is 6.92 Å². The molecule has 2 heterocycles. The van der Waals surface area contributed by atoms with Gasteiger partial charge in [0, 0.05) is 36.3 Å². The Morgan fingerprint density at radius 3 is 2.66 bits per heavy atom. The monoisotopic (exact) mass is 433 g/mol. The first-order chi connectivity index (χ1) is 13.2. The SMILES string of the molecule is COc1ccccc1C1CNCCN1C(=O)c1cc(C)nc2ccccc12.Cl.Cl. The van der Waals surface area contributed by atoms with Crippen molar-refractivity contribution in [3.05, 3.63) is 71.4 Å². The Morgan fingerprint density at radius 1 is 1.14 bits per heavy atom. The van der Waals surface area contributed by atoms with Gasteiger partial charge in [-0.15, -0.1) is 24.8 Å². The maximum atomic E-state index is 13.6. The van der Waals surface area contributed by atoms with Crippen molar-refractivity contribution >= 4 is 41.6 Å². The number of aryl methyl sites for hydroxylation is 1. The van der Waals surface area contributed by atoms with E-state index >= 15 is 0 Å². The Morgan fingerprint density at radius 2 is 1.86 bits per heavy atom. The van der Waals surface area contributed by atoms with Crippen LogP contribution in [0.1, 0.15) is 27.7 Å². The van der Waals surface area contributed by atoms with Crippen molar-refractivity contribution < 1.29 is 9.53 Å². The Kier molecular flexibility index (Phi) is 7.85. The second kappa shape index (κ2) is 9.92. The van der Waals surface area contributed by atoms with Gasteiger partial charge in [-0.05, 0) is 25.1 Å². The van der Waals surface area contributed by atoms with Gasteiger partial charge in [0.15, 0.2) is 0 Å². The van der Waals surface area contributed by atoms with Crippen molar-refractivity contribution in [3.63, 3.8) is 0 Å². The number of nitrogens with zero attached hydrogens (tertiary/aromatic N) is 2. The minimum Gasteiger partial charge on any atom is -0.496 e. The van der Waals surface area contributed by atoms with Gasteiger partial charge >= 0.3 is 0 Å². The topological polar surface area (TPSA) is 54.5 Å². The Hall–Kier alpha value is -2.34. The van der Waals surface area contributed by atoms with Crippen LogP contribution in [0.15, 0.2) is 54.6 Å². The standard InChI is InChI=1S/C22H23N3O2.2ClH/c1-15-13-18(16-7-3-5-9-19(16)24-15)22(26)25-12-11-23-14-20(25)17-8-4-6-10-21(17)27-2;;/h3-10,13,20,23H,11-12,14H2,1-2H3;2*1H. The highest BCUT2D eigenvalue weighted by Gasteiger charge is 2.31. The van der Waals surface area contributed by atoms with Crippen LogP contribution >= 0.6 is 24.8 Å². The molecule has 0 radical (unpaired) electrons. The molecule has 1 aliphatic heterocycles. The molecule has 7 heteroatoms. The van der Waals surface area contributed by atoms with Crippen LogP contribution in [0.25, 0.3) is 10.9 Å². The minimum atomic E-state index is -0.0744. The number of fused-ring (bicyclic) bond motifs is 1. The number of ether oxygens (including phenoxy) is 1. The molecule has 1 aliphatic rings. The van der Waals surface area contributed by atoms with Crippen LogP contribution < -0.4 is 10.1 Å². The summed E-state index contributed by atoms with van der Waals surface area (Å²) in [5.74, 6) is 0.842. The van der Waals surface area contributed by atoms with E-state index in [-0.39, 0.29) is 36.8 Å². The first kappa shape index (κ1) is 22.9. The maximum Gasteiger partial charge on any atom is 0.255 e. The van der Waals surface area contributed by atoms with Crippen LogP contribution in [0.2, 0.25) is 0 Å². The average Bonchev–Trinajstić information content (AvgIpc) is 2.72. The summed E-state index contributed by atoms with van der Waals surface area (Å²) in [6.07, 6.45) is 0. The van der Waals surface area contributed by atoms with Gasteiger partial charge in [-0.2, -0.15) is 0 Å². The molecule has 0 saturated carbocycles. The number of carbonyl (C=O) groups is 1. The molecule has 0 bridgehead atoms. The third-order valence-corrected chi connectivity index (χ3v) is 5.08. The fourth-order valence-corrected chi connectivity index (χ4v) is 3.81. The Balaban J connectivity index is 0.00000150. The fourth-order valence-electron chi connectivity index (χ4n) is 3.81. The lowest BCUT2D eigenvalue weighted by Gasteiger charge is -2.37. The van der Waals surface area contributed by atoms with Crippen molar-refractivity contribution in [3.8, 4) is 5.75 Å². The number of aromatic nitrogens is 1. The second-order valence-corrected chi connectivity index (χ2v) is 6.79. The summed E-state index contributed by atoms with van der Waals surface area (Å²) in [6, 6.07) is 17.6. The summed E-state index contributed by atoms with van der Waals surface area (Å²) in [7, 11) is 1.67. The molecule has 1 fully saturated rings. The van der Waals surface area contributed by atoms with E-state index in [1.165, 1.54) is 0 Å². The van der Waals surface area contributed by atoms with E-state index in [1.807, 2.05) is 66.4 Å². The molecule has 4 rings (SSSR count). The minimum absolute atomic E-state index is 0. The first-order valence-electron chi connectivity index (χ1n) is 9.20. The number of pyridine rings is 1. The molecule has 1 amide bonds. The Labute approximate surface area is 183 Å². The van der Waals surface area contributed by atoms with E-state index in [0.29, 0.717) is 18.7 Å². The lowest BCUT2D eigenvalue weighted by Crippen LogP contribution is -2.48. The smallest absolute Gasteiger partial charge is 0.255 e. The number of halogens is 2. The number of nitrogens with one attached hydrogen (secondary N) is 1. The highest BCUT2D eigenvalue weighted by atomic mass is 35.5. The van der Waals surface area contributed by atoms with Crippen molar-refractivity contribution in [1.29, 1.82) is 0 Å². The molecule has 5 nitrogen and oxygen atoms in total. The van der Waals surface area contributed by atoms with E-state index in [4.69, 9.17) is 4.74 Å². The number of benzene rings is 2. The second-order valence-electron chi connectivity index (χ2n) is 6.79. The van der Waals surface area contributed by atoms with Crippen LogP contribution in [0.5, 0.6) is 5.75 Å². The molecule has 1 unspecified atom stereocenters. The summed E-state index contributed by atoms with van der Waals surface area (Å²) in [4.78, 5) is 20.1. The van der Waals surface area contributed by atoms with Crippen LogP contribution in [0.4, 0.5) is 0 Å². The van der Waals surface area contributed by atoms with E-state index in [9.17, 15) is 4.79 Å². The van der Waals surface area contributed by atoms with Crippen LogP contribution in [0.3, 0.4) is 0 Å². The highest BCUT2D eigenvalue weighted by Crippen LogP contribution is 2.32. The van der Waals surface area contributed by atoms with E-state index < -0.39 is 0 Å².